The summed E-state index contributed by atoms with van der Waals surface area (Å²) < 4.78 is 13.8. The lowest BCUT2D eigenvalue weighted by molar-refractivity contribution is 0.624. The summed E-state index contributed by atoms with van der Waals surface area (Å²) in [5, 5.41) is 4.44. The number of rotatable bonds is 4. The molecular weight excluding hydrogens is 320 g/mol. The molecule has 2 aromatic carbocycles. The van der Waals surface area contributed by atoms with Gasteiger partial charge >= 0.3 is 0 Å². The van der Waals surface area contributed by atoms with Crippen molar-refractivity contribution in [3.05, 3.63) is 62.8 Å². The lowest BCUT2D eigenvalue weighted by Gasteiger charge is -2.20. The summed E-state index contributed by atoms with van der Waals surface area (Å²) in [6.07, 6.45) is 0.753. The van der Waals surface area contributed by atoms with E-state index in [0.29, 0.717) is 20.8 Å². The molecule has 0 saturated heterocycles. The Kier molecular flexibility index (Phi) is 5.14. The average molecular weight is 333 g/mol. The topological polar surface area (TPSA) is 12.0 Å². The molecule has 0 amide bonds. The van der Waals surface area contributed by atoms with Gasteiger partial charge in [-0.25, -0.2) is 4.39 Å². The maximum atomic E-state index is 13.8. The quantitative estimate of drug-likeness (QED) is 0.688. The van der Waals surface area contributed by atoms with Gasteiger partial charge in [0.15, 0.2) is 0 Å². The van der Waals surface area contributed by atoms with E-state index in [0.717, 1.165) is 12.0 Å². The third kappa shape index (κ3) is 3.38. The van der Waals surface area contributed by atoms with Crippen molar-refractivity contribution < 1.29 is 4.39 Å². The Morgan fingerprint density at radius 1 is 1.05 bits per heavy atom. The first-order chi connectivity index (χ1) is 9.52. The van der Waals surface area contributed by atoms with Gasteiger partial charge in [-0.3, -0.25) is 0 Å². The van der Waals surface area contributed by atoms with Crippen LogP contribution in [-0.4, -0.2) is 0 Å². The Morgan fingerprint density at radius 2 is 1.80 bits per heavy atom. The van der Waals surface area contributed by atoms with Gasteiger partial charge in [-0.15, -0.1) is 0 Å². The summed E-state index contributed by atoms with van der Waals surface area (Å²) in [5.74, 6) is -0.379. The van der Waals surface area contributed by atoms with E-state index < -0.39 is 0 Å². The van der Waals surface area contributed by atoms with E-state index in [4.69, 9.17) is 34.8 Å². The van der Waals surface area contributed by atoms with Gasteiger partial charge in [-0.1, -0.05) is 53.9 Å². The predicted octanol–water partition coefficient (Wildman–Crippen LogP) is 6.35. The smallest absolute Gasteiger partial charge is 0.147 e. The number of benzene rings is 2. The van der Waals surface area contributed by atoms with E-state index in [-0.39, 0.29) is 11.9 Å². The van der Waals surface area contributed by atoms with E-state index in [1.54, 1.807) is 24.3 Å². The highest BCUT2D eigenvalue weighted by molar-refractivity contribution is 6.42. The monoisotopic (exact) mass is 331 g/mol. The molecule has 0 aromatic heterocycles. The third-order valence-corrected chi connectivity index (χ3v) is 4.09. The van der Waals surface area contributed by atoms with E-state index in [1.165, 1.54) is 6.07 Å². The molecule has 1 nitrogen and oxygen atoms in total. The Balaban J connectivity index is 2.31. The number of hydrogen-bond acceptors (Lipinski definition) is 1. The minimum atomic E-state index is -0.379. The second-order valence-corrected chi connectivity index (χ2v) is 5.60. The van der Waals surface area contributed by atoms with Gasteiger partial charge in [-0.05, 0) is 36.2 Å². The largest absolute Gasteiger partial charge is 0.375 e. The van der Waals surface area contributed by atoms with Crippen LogP contribution >= 0.6 is 34.8 Å². The standard InChI is InChI=1S/C15H13Cl3FN/c1-2-14(9-6-7-10(16)12(18)8-9)20-15-11(17)4-3-5-13(15)19/h3-8,14,20H,2H2,1H3. The zero-order valence-corrected chi connectivity index (χ0v) is 13.0. The van der Waals surface area contributed by atoms with Gasteiger partial charge in [0.05, 0.1) is 26.8 Å². The first kappa shape index (κ1) is 15.4. The second kappa shape index (κ2) is 6.66. The maximum Gasteiger partial charge on any atom is 0.147 e. The van der Waals surface area contributed by atoms with Gasteiger partial charge in [0.25, 0.3) is 0 Å². The van der Waals surface area contributed by atoms with Gasteiger partial charge in [-0.2, -0.15) is 0 Å². The molecule has 0 bridgehead atoms. The van der Waals surface area contributed by atoms with Crippen molar-refractivity contribution in [3.63, 3.8) is 0 Å². The fraction of sp³-hybridized carbons (Fsp3) is 0.200. The van der Waals surface area contributed by atoms with Crippen LogP contribution in [0.15, 0.2) is 36.4 Å². The zero-order chi connectivity index (χ0) is 14.7. The lowest BCUT2D eigenvalue weighted by atomic mass is 10.0. The van der Waals surface area contributed by atoms with Crippen LogP contribution in [0.25, 0.3) is 0 Å². The molecule has 106 valence electrons. The molecule has 0 aliphatic carbocycles. The van der Waals surface area contributed by atoms with Crippen LogP contribution in [0, 0.1) is 5.82 Å². The predicted molar refractivity (Wildman–Crippen MR) is 84.5 cm³/mol. The fourth-order valence-electron chi connectivity index (χ4n) is 1.96. The molecule has 0 heterocycles. The summed E-state index contributed by atoms with van der Waals surface area (Å²) >= 11 is 18.0. The molecule has 0 radical (unpaired) electrons. The van der Waals surface area contributed by atoms with Crippen LogP contribution in [-0.2, 0) is 0 Å². The van der Waals surface area contributed by atoms with Gasteiger partial charge in [0.1, 0.15) is 5.82 Å². The van der Waals surface area contributed by atoms with Crippen LogP contribution in [0.4, 0.5) is 10.1 Å². The SMILES string of the molecule is CCC(Nc1c(F)cccc1Cl)c1ccc(Cl)c(Cl)c1. The molecule has 0 aliphatic heterocycles. The summed E-state index contributed by atoms with van der Waals surface area (Å²) in [5.41, 5.74) is 1.23. The number of halogens is 4. The Labute approximate surface area is 132 Å². The van der Waals surface area contributed by atoms with Gasteiger partial charge < -0.3 is 5.32 Å². The zero-order valence-electron chi connectivity index (χ0n) is 10.8. The molecule has 0 spiro atoms. The first-order valence-corrected chi connectivity index (χ1v) is 7.31. The van der Waals surface area contributed by atoms with Crippen LogP contribution in [0.3, 0.4) is 0 Å². The van der Waals surface area contributed by atoms with Crippen molar-refractivity contribution >= 4 is 40.5 Å². The van der Waals surface area contributed by atoms with E-state index >= 15 is 0 Å². The molecule has 2 aromatic rings. The molecule has 0 fully saturated rings. The van der Waals surface area contributed by atoms with E-state index in [9.17, 15) is 4.39 Å². The molecular formula is C15H13Cl3FN. The van der Waals surface area contributed by atoms with Gasteiger partial charge in [0, 0.05) is 0 Å². The number of anilines is 1. The van der Waals surface area contributed by atoms with Gasteiger partial charge in [0.2, 0.25) is 0 Å². The highest BCUT2D eigenvalue weighted by Gasteiger charge is 2.15. The molecule has 0 saturated carbocycles. The Bertz CT molecular complexity index is 596. The van der Waals surface area contributed by atoms with Crippen LogP contribution in [0.1, 0.15) is 24.9 Å². The van der Waals surface area contributed by atoms with Crippen LogP contribution < -0.4 is 5.32 Å². The molecule has 2 rings (SSSR count). The van der Waals surface area contributed by atoms with Crippen LogP contribution in [0.5, 0.6) is 0 Å². The molecule has 20 heavy (non-hydrogen) atoms. The minimum Gasteiger partial charge on any atom is -0.375 e. The normalized spacial score (nSPS) is 12.2. The summed E-state index contributed by atoms with van der Waals surface area (Å²) in [4.78, 5) is 0. The average Bonchev–Trinajstić information content (AvgIpc) is 2.42. The molecule has 1 N–H and O–H groups in total. The molecule has 1 atom stereocenters. The third-order valence-electron chi connectivity index (χ3n) is 3.04. The summed E-state index contributed by atoms with van der Waals surface area (Å²) in [7, 11) is 0. The highest BCUT2D eigenvalue weighted by atomic mass is 35.5. The first-order valence-electron chi connectivity index (χ1n) is 6.18. The summed E-state index contributed by atoms with van der Waals surface area (Å²) in [6.45, 7) is 1.99. The van der Waals surface area contributed by atoms with Crippen molar-refractivity contribution in [3.8, 4) is 0 Å². The number of para-hydroxylation sites is 1. The molecule has 1 unspecified atom stereocenters. The second-order valence-electron chi connectivity index (χ2n) is 4.38. The Morgan fingerprint density at radius 3 is 2.40 bits per heavy atom. The Hall–Kier alpha value is -0.960. The fourth-order valence-corrected chi connectivity index (χ4v) is 2.48. The highest BCUT2D eigenvalue weighted by Crippen LogP contribution is 2.32. The van der Waals surface area contributed by atoms with Crippen molar-refractivity contribution in [2.45, 2.75) is 19.4 Å². The number of hydrogen-bond donors (Lipinski definition) is 1. The number of nitrogens with one attached hydrogen (secondary N) is 1. The van der Waals surface area contributed by atoms with Crippen LogP contribution in [0.2, 0.25) is 15.1 Å². The van der Waals surface area contributed by atoms with E-state index in [2.05, 4.69) is 5.32 Å². The van der Waals surface area contributed by atoms with Crippen molar-refractivity contribution in [1.29, 1.82) is 0 Å². The van der Waals surface area contributed by atoms with E-state index in [1.807, 2.05) is 13.0 Å². The van der Waals surface area contributed by atoms with Crippen molar-refractivity contribution in [2.24, 2.45) is 0 Å². The molecule has 5 heteroatoms. The summed E-state index contributed by atoms with van der Waals surface area (Å²) in [6, 6.07) is 9.86. The maximum absolute atomic E-state index is 13.8. The van der Waals surface area contributed by atoms with Crippen molar-refractivity contribution in [2.75, 3.05) is 5.32 Å². The van der Waals surface area contributed by atoms with Crippen molar-refractivity contribution in [1.82, 2.24) is 0 Å². The lowest BCUT2D eigenvalue weighted by Crippen LogP contribution is -2.11. The molecule has 0 aliphatic rings. The minimum absolute atomic E-state index is 0.0980.